The largest absolute Gasteiger partial charge is 0.497 e. The van der Waals surface area contributed by atoms with Crippen molar-refractivity contribution in [3.8, 4) is 5.75 Å². The molecule has 5 nitrogen and oxygen atoms in total. The monoisotopic (exact) mass is 406 g/mol. The minimum absolute atomic E-state index is 0.284. The second kappa shape index (κ2) is 6.00. The molecule has 2 heterocycles. The van der Waals surface area contributed by atoms with Gasteiger partial charge in [-0.25, -0.2) is 12.7 Å². The first kappa shape index (κ1) is 18.1. The summed E-state index contributed by atoms with van der Waals surface area (Å²) in [5, 5.41) is 3.46. The fourth-order valence-corrected chi connectivity index (χ4v) is 6.23. The van der Waals surface area contributed by atoms with E-state index in [4.69, 9.17) is 4.74 Å². The van der Waals surface area contributed by atoms with E-state index in [9.17, 15) is 8.42 Å². The van der Waals surface area contributed by atoms with Crippen LogP contribution in [0.4, 0.5) is 11.4 Å². The molecule has 2 aliphatic rings. The third kappa shape index (κ3) is 2.35. The van der Waals surface area contributed by atoms with Gasteiger partial charge in [0.25, 0.3) is 10.0 Å². The molecule has 2 atom stereocenters. The highest BCUT2D eigenvalue weighted by Crippen LogP contribution is 2.56. The lowest BCUT2D eigenvalue weighted by atomic mass is 9.77. The Kier molecular flexibility index (Phi) is 3.74. The predicted molar refractivity (Wildman–Crippen MR) is 114 cm³/mol. The number of ether oxygens (including phenoxy) is 1. The Morgan fingerprint density at radius 1 is 1.00 bits per heavy atom. The average Bonchev–Trinajstić information content (AvgIpc) is 3.15. The van der Waals surface area contributed by atoms with Gasteiger partial charge in [-0.1, -0.05) is 35.9 Å². The van der Waals surface area contributed by atoms with Crippen LogP contribution in [0.2, 0.25) is 0 Å². The number of methoxy groups -OCH3 is 1. The SMILES string of the molecule is COc1ccc2c(c1)[C@]1(C)c3ccccc3N[C@@H]1N2S(=O)(=O)c1ccc(C)cc1. The molecule has 0 saturated carbocycles. The number of rotatable bonds is 3. The van der Waals surface area contributed by atoms with Gasteiger partial charge in [-0.05, 0) is 61.4 Å². The summed E-state index contributed by atoms with van der Waals surface area (Å²) >= 11 is 0. The first-order valence-electron chi connectivity index (χ1n) is 9.53. The van der Waals surface area contributed by atoms with E-state index in [1.54, 1.807) is 19.2 Å². The maximum Gasteiger partial charge on any atom is 0.266 e. The number of sulfonamides is 1. The van der Waals surface area contributed by atoms with Crippen LogP contribution >= 0.6 is 0 Å². The third-order valence-corrected chi connectivity index (χ3v) is 7.93. The molecule has 0 unspecified atom stereocenters. The van der Waals surface area contributed by atoms with Crippen LogP contribution in [0.15, 0.2) is 71.6 Å². The van der Waals surface area contributed by atoms with Gasteiger partial charge in [0.1, 0.15) is 11.9 Å². The summed E-state index contributed by atoms with van der Waals surface area (Å²) in [4.78, 5) is 0.284. The van der Waals surface area contributed by atoms with Crippen molar-refractivity contribution < 1.29 is 13.2 Å². The van der Waals surface area contributed by atoms with E-state index >= 15 is 0 Å². The quantitative estimate of drug-likeness (QED) is 0.706. The standard InChI is InChI=1S/C23H22N2O3S/c1-15-8-11-17(12-9-15)29(26,27)25-21-13-10-16(28-3)14-19(21)23(2)18-6-4-5-7-20(18)24-22(23)25/h4-14,22,24H,1-3H3/t22-,23+/m1/s1. The molecule has 0 spiro atoms. The maximum atomic E-state index is 13.8. The normalized spacial score (nSPS) is 21.9. The second-order valence-corrected chi connectivity index (χ2v) is 9.61. The predicted octanol–water partition coefficient (Wildman–Crippen LogP) is 4.27. The van der Waals surface area contributed by atoms with Gasteiger partial charge in [-0.3, -0.25) is 0 Å². The van der Waals surface area contributed by atoms with Crippen LogP contribution in [0.25, 0.3) is 0 Å². The Labute approximate surface area is 171 Å². The molecule has 3 aromatic carbocycles. The molecule has 0 amide bonds. The van der Waals surface area contributed by atoms with Crippen molar-refractivity contribution in [2.75, 3.05) is 16.7 Å². The van der Waals surface area contributed by atoms with Crippen molar-refractivity contribution in [2.24, 2.45) is 0 Å². The van der Waals surface area contributed by atoms with E-state index in [-0.39, 0.29) is 4.90 Å². The van der Waals surface area contributed by atoms with Gasteiger partial charge in [0.2, 0.25) is 0 Å². The number of aryl methyl sites for hydroxylation is 1. The molecule has 3 aromatic rings. The van der Waals surface area contributed by atoms with E-state index in [2.05, 4.69) is 18.3 Å². The Morgan fingerprint density at radius 3 is 2.45 bits per heavy atom. The Bertz CT molecular complexity index is 1220. The van der Waals surface area contributed by atoms with Crippen LogP contribution in [0, 0.1) is 6.92 Å². The number of fused-ring (bicyclic) bond motifs is 5. The summed E-state index contributed by atoms with van der Waals surface area (Å²) in [6.45, 7) is 4.04. The van der Waals surface area contributed by atoms with Crippen molar-refractivity contribution in [1.29, 1.82) is 0 Å². The minimum Gasteiger partial charge on any atom is -0.497 e. The van der Waals surface area contributed by atoms with Crippen LogP contribution in [0.5, 0.6) is 5.75 Å². The van der Waals surface area contributed by atoms with Crippen molar-refractivity contribution in [3.63, 3.8) is 0 Å². The van der Waals surface area contributed by atoms with E-state index in [0.29, 0.717) is 11.4 Å². The van der Waals surface area contributed by atoms with Gasteiger partial charge in [0, 0.05) is 5.69 Å². The van der Waals surface area contributed by atoms with E-state index in [1.807, 2.05) is 55.5 Å². The molecule has 2 aliphatic heterocycles. The molecular weight excluding hydrogens is 384 g/mol. The Morgan fingerprint density at radius 2 is 1.72 bits per heavy atom. The zero-order chi connectivity index (χ0) is 20.4. The molecule has 29 heavy (non-hydrogen) atoms. The highest BCUT2D eigenvalue weighted by atomic mass is 32.2. The molecule has 0 saturated heterocycles. The zero-order valence-electron chi connectivity index (χ0n) is 16.5. The molecule has 0 bridgehead atoms. The highest BCUT2D eigenvalue weighted by molar-refractivity contribution is 7.93. The maximum absolute atomic E-state index is 13.8. The lowest BCUT2D eigenvalue weighted by Crippen LogP contribution is -2.47. The van der Waals surface area contributed by atoms with Crippen LogP contribution in [0.3, 0.4) is 0 Å². The van der Waals surface area contributed by atoms with E-state index in [1.165, 1.54) is 4.31 Å². The van der Waals surface area contributed by atoms with Crippen molar-refractivity contribution in [1.82, 2.24) is 0 Å². The topological polar surface area (TPSA) is 58.6 Å². The fraction of sp³-hybridized carbons (Fsp3) is 0.217. The fourth-order valence-electron chi connectivity index (χ4n) is 4.57. The second-order valence-electron chi connectivity index (χ2n) is 7.79. The number of nitrogens with zero attached hydrogens (tertiary/aromatic N) is 1. The molecule has 0 radical (unpaired) electrons. The molecule has 0 aromatic heterocycles. The summed E-state index contributed by atoms with van der Waals surface area (Å²) in [5.74, 6) is 0.711. The number of anilines is 2. The van der Waals surface area contributed by atoms with E-state index in [0.717, 1.165) is 22.4 Å². The molecule has 1 N–H and O–H groups in total. The van der Waals surface area contributed by atoms with Crippen molar-refractivity contribution in [2.45, 2.75) is 30.3 Å². The van der Waals surface area contributed by atoms with Crippen LogP contribution in [-0.2, 0) is 15.4 Å². The molecule has 5 rings (SSSR count). The third-order valence-electron chi connectivity index (χ3n) is 6.14. The number of benzene rings is 3. The van der Waals surface area contributed by atoms with Crippen LogP contribution in [0.1, 0.15) is 23.6 Å². The van der Waals surface area contributed by atoms with Crippen LogP contribution < -0.4 is 14.4 Å². The zero-order valence-corrected chi connectivity index (χ0v) is 17.3. The number of hydrogen-bond acceptors (Lipinski definition) is 4. The van der Waals surface area contributed by atoms with Gasteiger partial charge in [0.05, 0.1) is 23.1 Å². The Hall–Kier alpha value is -2.99. The average molecular weight is 407 g/mol. The molecule has 0 aliphatic carbocycles. The summed E-state index contributed by atoms with van der Waals surface area (Å²) in [7, 11) is -2.15. The van der Waals surface area contributed by atoms with Gasteiger partial charge in [-0.2, -0.15) is 0 Å². The number of para-hydroxylation sites is 1. The number of nitrogens with one attached hydrogen (secondary N) is 1. The summed E-state index contributed by atoms with van der Waals surface area (Å²) in [6, 6.07) is 20.6. The first-order chi connectivity index (χ1) is 13.9. The molecule has 0 fully saturated rings. The molecule has 6 heteroatoms. The van der Waals surface area contributed by atoms with Crippen LogP contribution in [-0.4, -0.2) is 21.7 Å². The van der Waals surface area contributed by atoms with Gasteiger partial charge >= 0.3 is 0 Å². The first-order valence-corrected chi connectivity index (χ1v) is 11.0. The summed E-state index contributed by atoms with van der Waals surface area (Å²) in [6.07, 6.45) is -0.451. The van der Waals surface area contributed by atoms with Crippen molar-refractivity contribution in [3.05, 3.63) is 83.4 Å². The van der Waals surface area contributed by atoms with Gasteiger partial charge in [0.15, 0.2) is 0 Å². The lowest BCUT2D eigenvalue weighted by molar-refractivity contribution is 0.413. The molecular formula is C23H22N2O3S. The lowest BCUT2D eigenvalue weighted by Gasteiger charge is -2.30. The van der Waals surface area contributed by atoms with E-state index < -0.39 is 21.6 Å². The van der Waals surface area contributed by atoms with Gasteiger partial charge in [-0.15, -0.1) is 0 Å². The highest BCUT2D eigenvalue weighted by Gasteiger charge is 2.57. The molecule has 148 valence electrons. The smallest absolute Gasteiger partial charge is 0.266 e. The van der Waals surface area contributed by atoms with Crippen molar-refractivity contribution >= 4 is 21.4 Å². The summed E-state index contributed by atoms with van der Waals surface area (Å²) in [5.41, 5.74) is 4.15. The summed E-state index contributed by atoms with van der Waals surface area (Å²) < 4.78 is 34.5. The number of hydrogen-bond donors (Lipinski definition) is 1. The van der Waals surface area contributed by atoms with Gasteiger partial charge < -0.3 is 10.1 Å². The Balaban J connectivity index is 1.76. The minimum atomic E-state index is -3.77.